The molecule has 1 aliphatic heterocycles. The Morgan fingerprint density at radius 2 is 1.72 bits per heavy atom. The maximum atomic E-state index is 12.3. The first-order valence-corrected chi connectivity index (χ1v) is 8.46. The average Bonchev–Trinajstić information content (AvgIpc) is 2.62. The molecule has 2 aromatic carbocycles. The van der Waals surface area contributed by atoms with Crippen LogP contribution < -0.4 is 4.74 Å². The van der Waals surface area contributed by atoms with E-state index in [1.165, 1.54) is 0 Å². The quantitative estimate of drug-likeness (QED) is 0.867. The molecule has 0 unspecified atom stereocenters. The molecule has 25 heavy (non-hydrogen) atoms. The molecule has 0 bridgehead atoms. The second kappa shape index (κ2) is 7.98. The largest absolute Gasteiger partial charge is 0.492 e. The minimum atomic E-state index is -0.830. The van der Waals surface area contributed by atoms with Crippen LogP contribution in [0.25, 0.3) is 10.8 Å². The van der Waals surface area contributed by atoms with E-state index < -0.39 is 5.97 Å². The number of carboxylic acids is 1. The van der Waals surface area contributed by atoms with Crippen molar-refractivity contribution in [3.8, 4) is 5.75 Å². The monoisotopic (exact) mass is 342 g/mol. The van der Waals surface area contributed by atoms with Gasteiger partial charge in [-0.15, -0.1) is 0 Å². The van der Waals surface area contributed by atoms with Crippen LogP contribution in [0.3, 0.4) is 0 Å². The summed E-state index contributed by atoms with van der Waals surface area (Å²) in [6, 6.07) is 13.9. The van der Waals surface area contributed by atoms with Gasteiger partial charge >= 0.3 is 5.97 Å². The minimum absolute atomic E-state index is 0.0340. The first-order chi connectivity index (χ1) is 12.1. The van der Waals surface area contributed by atoms with Gasteiger partial charge in [0.15, 0.2) is 0 Å². The van der Waals surface area contributed by atoms with Crippen molar-refractivity contribution in [1.29, 1.82) is 0 Å². The van der Waals surface area contributed by atoms with Gasteiger partial charge < -0.3 is 14.7 Å². The summed E-state index contributed by atoms with van der Waals surface area (Å²) in [5.41, 5.74) is 0. The van der Waals surface area contributed by atoms with Gasteiger partial charge in [-0.2, -0.15) is 0 Å². The molecule has 0 radical (unpaired) electrons. The van der Waals surface area contributed by atoms with Crippen LogP contribution in [0.5, 0.6) is 5.75 Å². The van der Waals surface area contributed by atoms with Crippen molar-refractivity contribution < 1.29 is 19.4 Å². The number of carboxylic acid groups (broad SMARTS) is 1. The van der Waals surface area contributed by atoms with Gasteiger partial charge in [-0.25, -0.2) is 0 Å². The molecule has 0 aliphatic carbocycles. The lowest BCUT2D eigenvalue weighted by atomic mass is 10.1. The Hall–Kier alpha value is -2.60. The summed E-state index contributed by atoms with van der Waals surface area (Å²) in [6.07, 6.45) is 0.322. The van der Waals surface area contributed by atoms with Crippen LogP contribution in [0.4, 0.5) is 0 Å². The van der Waals surface area contributed by atoms with Gasteiger partial charge in [0.05, 0.1) is 19.6 Å². The number of ether oxygens (including phenoxy) is 1. The number of fused-ring (bicyclic) bond motifs is 1. The molecular weight excluding hydrogens is 320 g/mol. The molecule has 1 aliphatic rings. The number of hydrogen-bond acceptors (Lipinski definition) is 4. The molecule has 0 spiro atoms. The van der Waals surface area contributed by atoms with Gasteiger partial charge in [-0.1, -0.05) is 36.4 Å². The van der Waals surface area contributed by atoms with Gasteiger partial charge in [-0.3, -0.25) is 14.5 Å². The number of hydrogen-bond donors (Lipinski definition) is 1. The fourth-order valence-corrected chi connectivity index (χ4v) is 3.07. The minimum Gasteiger partial charge on any atom is -0.492 e. The Balaban J connectivity index is 1.47. The zero-order valence-corrected chi connectivity index (χ0v) is 14.1. The number of benzene rings is 2. The first kappa shape index (κ1) is 17.2. The van der Waals surface area contributed by atoms with E-state index in [0.717, 1.165) is 16.5 Å². The number of nitrogens with zero attached hydrogens (tertiary/aromatic N) is 2. The Labute approximate surface area is 146 Å². The van der Waals surface area contributed by atoms with Crippen molar-refractivity contribution >= 4 is 22.6 Å². The van der Waals surface area contributed by atoms with Gasteiger partial charge in [0.1, 0.15) is 5.75 Å². The van der Waals surface area contributed by atoms with Crippen molar-refractivity contribution in [3.05, 3.63) is 42.5 Å². The van der Waals surface area contributed by atoms with Crippen LogP contribution in [0.15, 0.2) is 42.5 Å². The molecule has 0 aromatic heterocycles. The smallest absolute Gasteiger partial charge is 0.317 e. The molecule has 6 heteroatoms. The molecule has 0 saturated carbocycles. The second-order valence-electron chi connectivity index (χ2n) is 6.13. The summed E-state index contributed by atoms with van der Waals surface area (Å²) in [4.78, 5) is 26.6. The number of rotatable bonds is 6. The highest BCUT2D eigenvalue weighted by Crippen LogP contribution is 2.25. The predicted octanol–water partition coefficient (Wildman–Crippen LogP) is 1.84. The van der Waals surface area contributed by atoms with E-state index in [0.29, 0.717) is 39.2 Å². The van der Waals surface area contributed by atoms with E-state index in [9.17, 15) is 9.59 Å². The summed E-state index contributed by atoms with van der Waals surface area (Å²) in [5, 5.41) is 11.0. The Morgan fingerprint density at radius 3 is 2.48 bits per heavy atom. The van der Waals surface area contributed by atoms with Crippen molar-refractivity contribution in [3.63, 3.8) is 0 Å². The fourth-order valence-electron chi connectivity index (χ4n) is 3.07. The SMILES string of the molecule is O=C(O)CN1CCN(C(=O)CCOc2cccc3ccccc23)CC1. The topological polar surface area (TPSA) is 70.1 Å². The molecular formula is C19H22N2O4. The molecule has 132 valence electrons. The summed E-state index contributed by atoms with van der Waals surface area (Å²) >= 11 is 0. The number of piperazine rings is 1. The normalized spacial score (nSPS) is 15.3. The highest BCUT2D eigenvalue weighted by atomic mass is 16.5. The van der Waals surface area contributed by atoms with Crippen molar-refractivity contribution in [2.45, 2.75) is 6.42 Å². The van der Waals surface area contributed by atoms with Crippen LogP contribution in [-0.4, -0.2) is 66.1 Å². The molecule has 0 atom stereocenters. The van der Waals surface area contributed by atoms with Crippen LogP contribution in [0.1, 0.15) is 6.42 Å². The number of aliphatic carboxylic acids is 1. The van der Waals surface area contributed by atoms with E-state index >= 15 is 0 Å². The Bertz CT molecular complexity index is 749. The fraction of sp³-hybridized carbons (Fsp3) is 0.368. The zero-order chi connectivity index (χ0) is 17.6. The molecule has 3 rings (SSSR count). The Kier molecular flexibility index (Phi) is 5.50. The first-order valence-electron chi connectivity index (χ1n) is 8.46. The molecule has 6 nitrogen and oxygen atoms in total. The van der Waals surface area contributed by atoms with Gasteiger partial charge in [0.2, 0.25) is 5.91 Å². The highest BCUT2D eigenvalue weighted by molar-refractivity contribution is 5.88. The highest BCUT2D eigenvalue weighted by Gasteiger charge is 2.22. The lowest BCUT2D eigenvalue weighted by Gasteiger charge is -2.33. The number of carbonyl (C=O) groups is 2. The third-order valence-corrected chi connectivity index (χ3v) is 4.41. The maximum absolute atomic E-state index is 12.3. The standard InChI is InChI=1S/C19H22N2O4/c22-18(21-11-9-20(10-12-21)14-19(23)24)8-13-25-17-7-3-5-15-4-1-2-6-16(15)17/h1-7H,8-14H2,(H,23,24). The van der Waals surface area contributed by atoms with Crippen molar-refractivity contribution in [1.82, 2.24) is 9.80 Å². The summed E-state index contributed by atoms with van der Waals surface area (Å²) in [7, 11) is 0. The van der Waals surface area contributed by atoms with Crippen molar-refractivity contribution in [2.24, 2.45) is 0 Å². The lowest BCUT2D eigenvalue weighted by molar-refractivity contribution is -0.139. The summed E-state index contributed by atoms with van der Waals surface area (Å²) < 4.78 is 5.82. The molecule has 2 aromatic rings. The molecule has 1 saturated heterocycles. The predicted molar refractivity (Wildman–Crippen MR) is 94.7 cm³/mol. The third-order valence-electron chi connectivity index (χ3n) is 4.41. The molecule has 1 heterocycles. The van der Waals surface area contributed by atoms with Gasteiger partial charge in [0, 0.05) is 31.6 Å². The second-order valence-corrected chi connectivity index (χ2v) is 6.13. The molecule has 1 amide bonds. The van der Waals surface area contributed by atoms with Crippen LogP contribution >= 0.6 is 0 Å². The molecule has 1 N–H and O–H groups in total. The zero-order valence-electron chi connectivity index (χ0n) is 14.1. The number of carbonyl (C=O) groups excluding carboxylic acids is 1. The van der Waals surface area contributed by atoms with E-state index in [4.69, 9.17) is 9.84 Å². The van der Waals surface area contributed by atoms with Crippen LogP contribution in [0, 0.1) is 0 Å². The van der Waals surface area contributed by atoms with E-state index in [1.807, 2.05) is 47.4 Å². The summed E-state index contributed by atoms with van der Waals surface area (Å²) in [6.45, 7) is 2.71. The van der Waals surface area contributed by atoms with E-state index in [-0.39, 0.29) is 12.5 Å². The number of amides is 1. The Morgan fingerprint density at radius 1 is 1.00 bits per heavy atom. The van der Waals surface area contributed by atoms with Gasteiger partial charge in [-0.05, 0) is 11.5 Å². The lowest BCUT2D eigenvalue weighted by Crippen LogP contribution is -2.50. The van der Waals surface area contributed by atoms with E-state index in [2.05, 4.69) is 0 Å². The van der Waals surface area contributed by atoms with Crippen molar-refractivity contribution in [2.75, 3.05) is 39.3 Å². The summed E-state index contributed by atoms with van der Waals surface area (Å²) in [5.74, 6) is 0.00986. The van der Waals surface area contributed by atoms with E-state index in [1.54, 1.807) is 4.90 Å². The van der Waals surface area contributed by atoms with Crippen LogP contribution in [0.2, 0.25) is 0 Å². The van der Waals surface area contributed by atoms with Crippen LogP contribution in [-0.2, 0) is 9.59 Å². The maximum Gasteiger partial charge on any atom is 0.317 e. The van der Waals surface area contributed by atoms with Gasteiger partial charge in [0.25, 0.3) is 0 Å². The average molecular weight is 342 g/mol. The third kappa shape index (κ3) is 4.48. The molecule has 1 fully saturated rings.